The molecule has 100 valence electrons. The van der Waals surface area contributed by atoms with Gasteiger partial charge in [0.1, 0.15) is 0 Å². The normalized spacial score (nSPS) is 12.0. The first-order valence-corrected chi connectivity index (χ1v) is 6.29. The Morgan fingerprint density at radius 2 is 1.94 bits per heavy atom. The van der Waals surface area contributed by atoms with Gasteiger partial charge in [0, 0.05) is 18.3 Å². The van der Waals surface area contributed by atoms with E-state index in [1.165, 1.54) is 0 Å². The summed E-state index contributed by atoms with van der Waals surface area (Å²) >= 11 is 0. The summed E-state index contributed by atoms with van der Waals surface area (Å²) in [4.78, 5) is 11.8. The van der Waals surface area contributed by atoms with Gasteiger partial charge in [-0.15, -0.1) is 0 Å². The van der Waals surface area contributed by atoms with Crippen molar-refractivity contribution in [3.05, 3.63) is 29.3 Å². The fraction of sp³-hybridized carbons (Fsp3) is 0.500. The maximum atomic E-state index is 11.8. The highest BCUT2D eigenvalue weighted by Crippen LogP contribution is 2.19. The Morgan fingerprint density at radius 1 is 1.33 bits per heavy atom. The van der Waals surface area contributed by atoms with Crippen LogP contribution in [0.5, 0.6) is 0 Å². The summed E-state index contributed by atoms with van der Waals surface area (Å²) in [5.74, 6) is 0. The SMILES string of the molecule is Cc1cccc(C)c1NC(=O)NC(C)CCCO. The van der Waals surface area contributed by atoms with E-state index < -0.39 is 0 Å². The van der Waals surface area contributed by atoms with E-state index in [2.05, 4.69) is 10.6 Å². The number of hydrogen-bond acceptors (Lipinski definition) is 2. The molecule has 0 spiro atoms. The Kier molecular flexibility index (Phi) is 5.65. The molecule has 1 aromatic rings. The molecule has 0 bridgehead atoms. The Labute approximate surface area is 108 Å². The molecule has 4 nitrogen and oxygen atoms in total. The largest absolute Gasteiger partial charge is 0.396 e. The zero-order chi connectivity index (χ0) is 13.5. The van der Waals surface area contributed by atoms with E-state index in [4.69, 9.17) is 5.11 Å². The van der Waals surface area contributed by atoms with Gasteiger partial charge in [-0.2, -0.15) is 0 Å². The minimum Gasteiger partial charge on any atom is -0.396 e. The van der Waals surface area contributed by atoms with Gasteiger partial charge < -0.3 is 15.7 Å². The van der Waals surface area contributed by atoms with Crippen LogP contribution >= 0.6 is 0 Å². The number of aryl methyl sites for hydroxylation is 2. The highest BCUT2D eigenvalue weighted by Gasteiger charge is 2.09. The van der Waals surface area contributed by atoms with Gasteiger partial charge in [-0.1, -0.05) is 18.2 Å². The molecule has 0 aliphatic heterocycles. The minimum atomic E-state index is -0.196. The molecule has 3 N–H and O–H groups in total. The Morgan fingerprint density at radius 3 is 2.50 bits per heavy atom. The first-order valence-electron chi connectivity index (χ1n) is 6.29. The lowest BCUT2D eigenvalue weighted by atomic mass is 10.1. The van der Waals surface area contributed by atoms with Crippen LogP contribution in [0.3, 0.4) is 0 Å². The number of hydrogen-bond donors (Lipinski definition) is 3. The molecule has 18 heavy (non-hydrogen) atoms. The summed E-state index contributed by atoms with van der Waals surface area (Å²) in [7, 11) is 0. The zero-order valence-electron chi connectivity index (χ0n) is 11.3. The minimum absolute atomic E-state index is 0.0569. The third-order valence-electron chi connectivity index (χ3n) is 2.89. The van der Waals surface area contributed by atoms with E-state index in [-0.39, 0.29) is 18.7 Å². The number of carbonyl (C=O) groups is 1. The van der Waals surface area contributed by atoms with Crippen LogP contribution in [0.15, 0.2) is 18.2 Å². The van der Waals surface area contributed by atoms with E-state index >= 15 is 0 Å². The molecule has 0 aliphatic rings. The summed E-state index contributed by atoms with van der Waals surface area (Å²) in [5, 5.41) is 14.5. The maximum absolute atomic E-state index is 11.8. The predicted molar refractivity (Wildman–Crippen MR) is 73.9 cm³/mol. The van der Waals surface area contributed by atoms with E-state index in [9.17, 15) is 4.79 Å². The van der Waals surface area contributed by atoms with Gasteiger partial charge in [0.25, 0.3) is 0 Å². The van der Waals surface area contributed by atoms with Crippen molar-refractivity contribution in [2.24, 2.45) is 0 Å². The van der Waals surface area contributed by atoms with Crippen molar-refractivity contribution in [3.63, 3.8) is 0 Å². The molecule has 0 aliphatic carbocycles. The molecule has 0 radical (unpaired) electrons. The number of nitrogens with one attached hydrogen (secondary N) is 2. The first-order chi connectivity index (χ1) is 8.54. The molecule has 0 saturated heterocycles. The molecule has 1 atom stereocenters. The lowest BCUT2D eigenvalue weighted by Gasteiger charge is -2.16. The molecule has 0 fully saturated rings. The number of rotatable bonds is 5. The Hall–Kier alpha value is -1.55. The number of benzene rings is 1. The van der Waals surface area contributed by atoms with Crippen LogP contribution in [-0.4, -0.2) is 23.8 Å². The van der Waals surface area contributed by atoms with Crippen LogP contribution in [0.2, 0.25) is 0 Å². The number of carbonyl (C=O) groups excluding carboxylic acids is 1. The molecular formula is C14H22N2O2. The van der Waals surface area contributed by atoms with Crippen molar-refractivity contribution < 1.29 is 9.90 Å². The van der Waals surface area contributed by atoms with Gasteiger partial charge in [0.05, 0.1) is 0 Å². The lowest BCUT2D eigenvalue weighted by molar-refractivity contribution is 0.245. The third-order valence-corrected chi connectivity index (χ3v) is 2.89. The number of anilines is 1. The Balaban J connectivity index is 2.54. The molecule has 2 amide bonds. The number of aliphatic hydroxyl groups is 1. The summed E-state index contributed by atoms with van der Waals surface area (Å²) in [6, 6.07) is 5.77. The lowest BCUT2D eigenvalue weighted by Crippen LogP contribution is -2.36. The fourth-order valence-corrected chi connectivity index (χ4v) is 1.85. The number of para-hydroxylation sites is 1. The maximum Gasteiger partial charge on any atom is 0.319 e. The van der Waals surface area contributed by atoms with Gasteiger partial charge in [0.2, 0.25) is 0 Å². The highest BCUT2D eigenvalue weighted by atomic mass is 16.3. The van der Waals surface area contributed by atoms with Crippen molar-refractivity contribution in [3.8, 4) is 0 Å². The van der Waals surface area contributed by atoms with Gasteiger partial charge in [0.15, 0.2) is 0 Å². The smallest absolute Gasteiger partial charge is 0.319 e. The van der Waals surface area contributed by atoms with Crippen LogP contribution in [0.4, 0.5) is 10.5 Å². The molecular weight excluding hydrogens is 228 g/mol. The van der Waals surface area contributed by atoms with E-state index in [1.54, 1.807) is 0 Å². The van der Waals surface area contributed by atoms with Crippen LogP contribution in [-0.2, 0) is 0 Å². The second-order valence-electron chi connectivity index (χ2n) is 4.63. The molecule has 4 heteroatoms. The van der Waals surface area contributed by atoms with Gasteiger partial charge >= 0.3 is 6.03 Å². The molecule has 1 rings (SSSR count). The molecule has 1 unspecified atom stereocenters. The van der Waals surface area contributed by atoms with E-state index in [0.29, 0.717) is 6.42 Å². The summed E-state index contributed by atoms with van der Waals surface area (Å²) in [6.45, 7) is 6.03. The quantitative estimate of drug-likeness (QED) is 0.752. The van der Waals surface area contributed by atoms with E-state index in [0.717, 1.165) is 23.2 Å². The highest BCUT2D eigenvalue weighted by molar-refractivity contribution is 5.91. The van der Waals surface area contributed by atoms with Crippen molar-refractivity contribution in [2.75, 3.05) is 11.9 Å². The molecule has 1 aromatic carbocycles. The van der Waals surface area contributed by atoms with Crippen LogP contribution in [0, 0.1) is 13.8 Å². The first kappa shape index (κ1) is 14.5. The van der Waals surface area contributed by atoms with E-state index in [1.807, 2.05) is 39.0 Å². The summed E-state index contributed by atoms with van der Waals surface area (Å²) < 4.78 is 0. The van der Waals surface area contributed by atoms with Crippen LogP contribution in [0.25, 0.3) is 0 Å². The fourth-order valence-electron chi connectivity index (χ4n) is 1.85. The third kappa shape index (κ3) is 4.37. The average Bonchev–Trinajstić information content (AvgIpc) is 2.31. The summed E-state index contributed by atoms with van der Waals surface area (Å²) in [5.41, 5.74) is 2.96. The number of urea groups is 1. The topological polar surface area (TPSA) is 61.4 Å². The number of amides is 2. The van der Waals surface area contributed by atoms with Crippen LogP contribution < -0.4 is 10.6 Å². The Bertz CT molecular complexity index is 385. The standard InChI is InChI=1S/C14H22N2O2/c1-10-6-4-7-11(2)13(10)16-14(18)15-12(3)8-5-9-17/h4,6-7,12,17H,5,8-9H2,1-3H3,(H2,15,16,18). The van der Waals surface area contributed by atoms with Gasteiger partial charge in [-0.25, -0.2) is 4.79 Å². The monoisotopic (exact) mass is 250 g/mol. The molecule has 0 aromatic heterocycles. The second-order valence-corrected chi connectivity index (χ2v) is 4.63. The van der Waals surface area contributed by atoms with Crippen molar-refractivity contribution in [1.82, 2.24) is 5.32 Å². The van der Waals surface area contributed by atoms with Gasteiger partial charge in [-0.05, 0) is 44.7 Å². The van der Waals surface area contributed by atoms with Crippen molar-refractivity contribution in [1.29, 1.82) is 0 Å². The van der Waals surface area contributed by atoms with Crippen LogP contribution in [0.1, 0.15) is 30.9 Å². The predicted octanol–water partition coefficient (Wildman–Crippen LogP) is 2.59. The molecule has 0 heterocycles. The zero-order valence-corrected chi connectivity index (χ0v) is 11.3. The average molecular weight is 250 g/mol. The molecule has 0 saturated carbocycles. The summed E-state index contributed by atoms with van der Waals surface area (Å²) in [6.07, 6.45) is 1.47. The second kappa shape index (κ2) is 7.01. The van der Waals surface area contributed by atoms with Crippen molar-refractivity contribution >= 4 is 11.7 Å². The van der Waals surface area contributed by atoms with Gasteiger partial charge in [-0.3, -0.25) is 0 Å². The number of aliphatic hydroxyl groups excluding tert-OH is 1. The van der Waals surface area contributed by atoms with Crippen molar-refractivity contribution in [2.45, 2.75) is 39.7 Å².